The molecule has 4 aromatic rings. The molecule has 0 radical (unpaired) electrons. The maximum Gasteiger partial charge on any atom is 0.274 e. The van der Waals surface area contributed by atoms with E-state index in [0.29, 0.717) is 23.0 Å². The molecule has 0 bridgehead atoms. The van der Waals surface area contributed by atoms with Crippen LogP contribution in [0, 0.1) is 13.8 Å². The number of ether oxygens (including phenoxy) is 1. The first-order valence-corrected chi connectivity index (χ1v) is 11.9. The van der Waals surface area contributed by atoms with Gasteiger partial charge in [-0.05, 0) is 61.7 Å². The number of oxazole rings is 1. The summed E-state index contributed by atoms with van der Waals surface area (Å²) < 4.78 is 39.5. The molecule has 0 aliphatic heterocycles. The number of hydrogen-bond acceptors (Lipinski definition) is 6. The number of nitrogens with zero attached hydrogens (tertiary/aromatic N) is 2. The van der Waals surface area contributed by atoms with Crippen LogP contribution < -0.4 is 9.04 Å². The van der Waals surface area contributed by atoms with Crippen LogP contribution in [0.15, 0.2) is 74.7 Å². The molecule has 2 aromatic heterocycles. The van der Waals surface area contributed by atoms with Gasteiger partial charge in [0.15, 0.2) is 0 Å². The van der Waals surface area contributed by atoms with Gasteiger partial charge in [-0.25, -0.2) is 13.4 Å². The van der Waals surface area contributed by atoms with E-state index >= 15 is 0 Å². The highest BCUT2D eigenvalue weighted by atomic mass is 32.2. The molecular weight excluding hydrogens is 432 g/mol. The average Bonchev–Trinajstić information content (AvgIpc) is 3.44. The number of hydrogen-bond donors (Lipinski definition) is 0. The Morgan fingerprint density at radius 3 is 2.35 bits per heavy atom. The lowest BCUT2D eigenvalue weighted by Crippen LogP contribution is -2.30. The lowest BCUT2D eigenvalue weighted by molar-refractivity contribution is 0.415. The van der Waals surface area contributed by atoms with Crippen molar-refractivity contribution in [1.82, 2.24) is 4.98 Å². The number of aryl methyl sites for hydroxylation is 2. The largest absolute Gasteiger partial charge is 0.497 e. The number of thiophene rings is 1. The minimum atomic E-state index is -3.75. The molecule has 0 saturated heterocycles. The first kappa shape index (κ1) is 21.1. The first-order valence-electron chi connectivity index (χ1n) is 9.62. The van der Waals surface area contributed by atoms with Gasteiger partial charge < -0.3 is 9.15 Å². The molecule has 0 aliphatic rings. The Kier molecular flexibility index (Phi) is 5.84. The van der Waals surface area contributed by atoms with Crippen molar-refractivity contribution in [2.45, 2.75) is 24.6 Å². The van der Waals surface area contributed by atoms with E-state index in [1.165, 1.54) is 15.6 Å². The van der Waals surface area contributed by atoms with Crippen molar-refractivity contribution in [3.63, 3.8) is 0 Å². The van der Waals surface area contributed by atoms with Crippen LogP contribution in [0.25, 0.3) is 11.5 Å². The quantitative estimate of drug-likeness (QED) is 0.373. The summed E-state index contributed by atoms with van der Waals surface area (Å²) in [5, 5.41) is 1.75. The van der Waals surface area contributed by atoms with Crippen LogP contribution in [-0.4, -0.2) is 20.5 Å². The topological polar surface area (TPSA) is 72.6 Å². The Morgan fingerprint density at radius 2 is 1.74 bits per heavy atom. The van der Waals surface area contributed by atoms with Gasteiger partial charge in [0.25, 0.3) is 10.0 Å². The highest BCUT2D eigenvalue weighted by molar-refractivity contribution is 7.94. The monoisotopic (exact) mass is 454 g/mol. The lowest BCUT2D eigenvalue weighted by atomic mass is 10.2. The van der Waals surface area contributed by atoms with Crippen molar-refractivity contribution >= 4 is 27.0 Å². The van der Waals surface area contributed by atoms with Crippen molar-refractivity contribution in [3.05, 3.63) is 83.1 Å². The number of anilines is 1. The number of aromatic nitrogens is 1. The molecule has 0 saturated carbocycles. The molecular formula is C23H22N2O4S2. The van der Waals surface area contributed by atoms with E-state index in [0.717, 1.165) is 16.9 Å². The van der Waals surface area contributed by atoms with E-state index in [2.05, 4.69) is 4.98 Å². The molecule has 4 rings (SSSR count). The number of methoxy groups -OCH3 is 1. The smallest absolute Gasteiger partial charge is 0.274 e. The molecule has 0 N–H and O–H groups in total. The maximum atomic E-state index is 13.4. The van der Waals surface area contributed by atoms with Gasteiger partial charge in [0.05, 0.1) is 19.3 Å². The second-order valence-electron chi connectivity index (χ2n) is 7.03. The van der Waals surface area contributed by atoms with Gasteiger partial charge in [-0.1, -0.05) is 23.8 Å². The standard InChI is InChI=1S/C23H22N2O4S2/c1-16-6-10-19(11-7-16)25(31(26,27)22-5-4-14-30-22)15-21-17(2)29-23(24-21)18-8-12-20(28-3)13-9-18/h4-14H,15H2,1-3H3. The molecule has 8 heteroatoms. The van der Waals surface area contributed by atoms with Crippen LogP contribution in [0.1, 0.15) is 17.0 Å². The summed E-state index contributed by atoms with van der Waals surface area (Å²) in [5.41, 5.74) is 2.98. The minimum absolute atomic E-state index is 0.0643. The zero-order valence-corrected chi connectivity index (χ0v) is 19.0. The summed E-state index contributed by atoms with van der Waals surface area (Å²) in [6.07, 6.45) is 0. The fourth-order valence-corrected chi connectivity index (χ4v) is 5.64. The highest BCUT2D eigenvalue weighted by Crippen LogP contribution is 2.31. The van der Waals surface area contributed by atoms with Gasteiger partial charge in [-0.2, -0.15) is 0 Å². The van der Waals surface area contributed by atoms with Crippen LogP contribution >= 0.6 is 11.3 Å². The van der Waals surface area contributed by atoms with Gasteiger partial charge >= 0.3 is 0 Å². The third kappa shape index (κ3) is 4.35. The van der Waals surface area contributed by atoms with Crippen molar-refractivity contribution < 1.29 is 17.6 Å². The number of benzene rings is 2. The molecule has 0 unspecified atom stereocenters. The summed E-state index contributed by atoms with van der Waals surface area (Å²) in [7, 11) is -2.14. The molecule has 0 aliphatic carbocycles. The van der Waals surface area contributed by atoms with Crippen molar-refractivity contribution in [1.29, 1.82) is 0 Å². The molecule has 0 fully saturated rings. The molecule has 0 amide bonds. The second kappa shape index (κ2) is 8.56. The molecule has 2 aromatic carbocycles. The van der Waals surface area contributed by atoms with Crippen LogP contribution in [0.2, 0.25) is 0 Å². The van der Waals surface area contributed by atoms with E-state index in [4.69, 9.17) is 9.15 Å². The van der Waals surface area contributed by atoms with E-state index in [-0.39, 0.29) is 10.8 Å². The molecule has 6 nitrogen and oxygen atoms in total. The summed E-state index contributed by atoms with van der Waals surface area (Å²) in [5.74, 6) is 1.75. The zero-order chi connectivity index (χ0) is 22.0. The summed E-state index contributed by atoms with van der Waals surface area (Å²) in [6.45, 7) is 3.82. The minimum Gasteiger partial charge on any atom is -0.497 e. The SMILES string of the molecule is COc1ccc(-c2nc(CN(c3ccc(C)cc3)S(=O)(=O)c3cccs3)c(C)o2)cc1. The zero-order valence-electron chi connectivity index (χ0n) is 17.4. The Balaban J connectivity index is 1.72. The Hall–Kier alpha value is -3.10. The third-order valence-electron chi connectivity index (χ3n) is 4.88. The predicted octanol–water partition coefficient (Wildman–Crippen LogP) is 5.42. The van der Waals surface area contributed by atoms with Gasteiger partial charge in [-0.3, -0.25) is 4.31 Å². The fraction of sp³-hybridized carbons (Fsp3) is 0.174. The molecule has 0 atom stereocenters. The van der Waals surface area contributed by atoms with Crippen LogP contribution in [-0.2, 0) is 16.6 Å². The van der Waals surface area contributed by atoms with Crippen LogP contribution in [0.5, 0.6) is 5.75 Å². The van der Waals surface area contributed by atoms with Crippen LogP contribution in [0.3, 0.4) is 0 Å². The number of sulfonamides is 1. The Bertz CT molecular complexity index is 1260. The Morgan fingerprint density at radius 1 is 1.03 bits per heavy atom. The molecule has 31 heavy (non-hydrogen) atoms. The van der Waals surface area contributed by atoms with Gasteiger partial charge in [0, 0.05) is 5.56 Å². The Labute approximate surface area is 185 Å². The van der Waals surface area contributed by atoms with E-state index in [1.807, 2.05) is 43.3 Å². The molecule has 2 heterocycles. The number of rotatable bonds is 7. The normalized spacial score (nSPS) is 11.5. The second-order valence-corrected chi connectivity index (χ2v) is 10.1. The van der Waals surface area contributed by atoms with Crippen LogP contribution in [0.4, 0.5) is 5.69 Å². The van der Waals surface area contributed by atoms with Gasteiger partial charge in [0.1, 0.15) is 21.4 Å². The van der Waals surface area contributed by atoms with Crippen molar-refractivity contribution in [2.75, 3.05) is 11.4 Å². The summed E-state index contributed by atoms with van der Waals surface area (Å²) >= 11 is 1.19. The van der Waals surface area contributed by atoms with Gasteiger partial charge in [0.2, 0.25) is 5.89 Å². The van der Waals surface area contributed by atoms with Gasteiger partial charge in [-0.15, -0.1) is 11.3 Å². The molecule has 0 spiro atoms. The fourth-order valence-electron chi connectivity index (χ4n) is 3.11. The van der Waals surface area contributed by atoms with Crippen molar-refractivity contribution in [2.24, 2.45) is 0 Å². The van der Waals surface area contributed by atoms with E-state index in [1.54, 1.807) is 43.7 Å². The van der Waals surface area contributed by atoms with E-state index in [9.17, 15) is 8.42 Å². The van der Waals surface area contributed by atoms with Crippen molar-refractivity contribution in [3.8, 4) is 17.2 Å². The summed E-state index contributed by atoms with van der Waals surface area (Å²) in [6, 6.07) is 18.1. The lowest BCUT2D eigenvalue weighted by Gasteiger charge is -2.23. The summed E-state index contributed by atoms with van der Waals surface area (Å²) in [4.78, 5) is 4.60. The highest BCUT2D eigenvalue weighted by Gasteiger charge is 2.28. The maximum absolute atomic E-state index is 13.4. The molecule has 160 valence electrons. The average molecular weight is 455 g/mol. The third-order valence-corrected chi connectivity index (χ3v) is 8.03. The van der Waals surface area contributed by atoms with E-state index < -0.39 is 10.0 Å². The first-order chi connectivity index (χ1) is 14.9. The predicted molar refractivity (Wildman–Crippen MR) is 122 cm³/mol.